The summed E-state index contributed by atoms with van der Waals surface area (Å²) in [5.74, 6) is 0.662. The van der Waals surface area contributed by atoms with Gasteiger partial charge < -0.3 is 5.73 Å². The van der Waals surface area contributed by atoms with Crippen molar-refractivity contribution in [1.82, 2.24) is 4.90 Å². The number of benzene rings is 2. The number of aryl methyl sites for hydroxylation is 2. The summed E-state index contributed by atoms with van der Waals surface area (Å²) in [6.07, 6.45) is 4.61. The van der Waals surface area contributed by atoms with Crippen LogP contribution in [0.2, 0.25) is 0 Å². The first kappa shape index (κ1) is 19.1. The molecule has 0 aromatic heterocycles. The van der Waals surface area contributed by atoms with Gasteiger partial charge in [0, 0.05) is 5.54 Å². The van der Waals surface area contributed by atoms with E-state index in [0.29, 0.717) is 5.92 Å². The largest absolute Gasteiger partial charge is 0.330 e. The predicted molar refractivity (Wildman–Crippen MR) is 112 cm³/mol. The van der Waals surface area contributed by atoms with Crippen LogP contribution in [-0.2, 0) is 12.8 Å². The SMILES string of the molecule is CCN1CCC(Cc2ccc(C)cc2)[C@@]1(CCN)Cc1ccc(C)cc1. The van der Waals surface area contributed by atoms with Gasteiger partial charge in [-0.25, -0.2) is 0 Å². The molecule has 0 bridgehead atoms. The maximum atomic E-state index is 6.14. The second-order valence-corrected chi connectivity index (χ2v) is 8.06. The standard InChI is InChI=1S/C24H34N2/c1-4-26-16-13-23(17-21-9-5-19(2)6-10-21)24(26,14-15-25)18-22-11-7-20(3)8-12-22/h5-12,23H,4,13-18,25H2,1-3H3/t23?,24-/m1/s1. The number of hydrogen-bond acceptors (Lipinski definition) is 2. The minimum absolute atomic E-state index is 0.184. The molecule has 2 nitrogen and oxygen atoms in total. The third kappa shape index (κ3) is 4.02. The first-order chi connectivity index (χ1) is 12.6. The zero-order valence-corrected chi connectivity index (χ0v) is 16.7. The zero-order valence-electron chi connectivity index (χ0n) is 16.7. The van der Waals surface area contributed by atoms with Crippen molar-refractivity contribution in [1.29, 1.82) is 0 Å². The third-order valence-corrected chi connectivity index (χ3v) is 6.33. The van der Waals surface area contributed by atoms with E-state index in [0.717, 1.165) is 32.4 Å². The van der Waals surface area contributed by atoms with Crippen molar-refractivity contribution >= 4 is 0 Å². The maximum absolute atomic E-state index is 6.14. The molecule has 2 atom stereocenters. The van der Waals surface area contributed by atoms with Gasteiger partial charge in [-0.1, -0.05) is 66.6 Å². The normalized spacial score (nSPS) is 23.5. The van der Waals surface area contributed by atoms with Gasteiger partial charge in [0.25, 0.3) is 0 Å². The van der Waals surface area contributed by atoms with E-state index in [1.807, 2.05) is 0 Å². The van der Waals surface area contributed by atoms with E-state index in [4.69, 9.17) is 5.73 Å². The molecule has 1 aliphatic heterocycles. The van der Waals surface area contributed by atoms with Crippen LogP contribution in [0.15, 0.2) is 48.5 Å². The lowest BCUT2D eigenvalue weighted by Crippen LogP contribution is -2.51. The van der Waals surface area contributed by atoms with E-state index in [2.05, 4.69) is 74.2 Å². The molecule has 2 heteroatoms. The van der Waals surface area contributed by atoms with E-state index in [1.54, 1.807) is 0 Å². The van der Waals surface area contributed by atoms with Crippen molar-refractivity contribution in [3.05, 3.63) is 70.8 Å². The molecule has 3 rings (SSSR count). The number of nitrogens with two attached hydrogens (primary N) is 1. The van der Waals surface area contributed by atoms with Gasteiger partial charge in [-0.05, 0) is 76.2 Å². The van der Waals surface area contributed by atoms with Crippen LogP contribution in [0.5, 0.6) is 0 Å². The van der Waals surface area contributed by atoms with Gasteiger partial charge >= 0.3 is 0 Å². The summed E-state index contributed by atoms with van der Waals surface area (Å²) in [6, 6.07) is 18.2. The second kappa shape index (κ2) is 8.37. The number of nitrogens with zero attached hydrogens (tertiary/aromatic N) is 1. The summed E-state index contributed by atoms with van der Waals surface area (Å²) in [5, 5.41) is 0. The summed E-state index contributed by atoms with van der Waals surface area (Å²) in [6.45, 7) is 9.68. The minimum Gasteiger partial charge on any atom is -0.330 e. The number of likely N-dealkylation sites (tertiary alicyclic amines) is 1. The highest BCUT2D eigenvalue weighted by atomic mass is 15.2. The van der Waals surface area contributed by atoms with Crippen LogP contribution < -0.4 is 5.73 Å². The Bertz CT molecular complexity index is 689. The first-order valence-electron chi connectivity index (χ1n) is 10.1. The van der Waals surface area contributed by atoms with E-state index >= 15 is 0 Å². The van der Waals surface area contributed by atoms with Crippen molar-refractivity contribution in [3.63, 3.8) is 0 Å². The summed E-state index contributed by atoms with van der Waals surface area (Å²) in [5.41, 5.74) is 11.9. The third-order valence-electron chi connectivity index (χ3n) is 6.33. The van der Waals surface area contributed by atoms with E-state index < -0.39 is 0 Å². The molecule has 0 spiro atoms. The molecule has 0 aliphatic carbocycles. The highest BCUT2D eigenvalue weighted by Crippen LogP contribution is 2.42. The quantitative estimate of drug-likeness (QED) is 0.795. The van der Waals surface area contributed by atoms with Gasteiger partial charge in [0.15, 0.2) is 0 Å². The predicted octanol–water partition coefficient (Wildman–Crippen LogP) is 4.52. The van der Waals surface area contributed by atoms with E-state index in [-0.39, 0.29) is 5.54 Å². The Morgan fingerprint density at radius 3 is 2.08 bits per heavy atom. The summed E-state index contributed by atoms with van der Waals surface area (Å²) in [4.78, 5) is 2.71. The molecule has 1 unspecified atom stereocenters. The van der Waals surface area contributed by atoms with Gasteiger partial charge in [-0.3, -0.25) is 4.90 Å². The Balaban J connectivity index is 1.90. The van der Waals surface area contributed by atoms with Crippen LogP contribution in [0, 0.1) is 19.8 Å². The highest BCUT2D eigenvalue weighted by Gasteiger charge is 2.46. The van der Waals surface area contributed by atoms with Crippen LogP contribution in [0.25, 0.3) is 0 Å². The van der Waals surface area contributed by atoms with Crippen molar-refractivity contribution in [3.8, 4) is 0 Å². The van der Waals surface area contributed by atoms with Crippen LogP contribution in [-0.4, -0.2) is 30.1 Å². The summed E-state index contributed by atoms with van der Waals surface area (Å²) in [7, 11) is 0. The average molecular weight is 351 g/mol. The van der Waals surface area contributed by atoms with E-state index in [1.165, 1.54) is 35.2 Å². The molecule has 140 valence electrons. The Hall–Kier alpha value is -1.64. The fourth-order valence-corrected chi connectivity index (χ4v) is 4.85. The van der Waals surface area contributed by atoms with Crippen molar-refractivity contribution in [2.24, 2.45) is 11.7 Å². The smallest absolute Gasteiger partial charge is 0.0293 e. The van der Waals surface area contributed by atoms with Crippen molar-refractivity contribution in [2.45, 2.75) is 52.0 Å². The van der Waals surface area contributed by atoms with Crippen molar-refractivity contribution < 1.29 is 0 Å². The molecule has 2 aromatic carbocycles. The number of rotatable bonds is 7. The molecule has 1 saturated heterocycles. The molecule has 1 aliphatic rings. The molecule has 2 aromatic rings. The zero-order chi connectivity index (χ0) is 18.6. The Labute approximate surface area is 159 Å². The average Bonchev–Trinajstić information content (AvgIpc) is 2.96. The number of likely N-dealkylation sites (N-methyl/N-ethyl adjacent to an activating group) is 1. The molecular weight excluding hydrogens is 316 g/mol. The maximum Gasteiger partial charge on any atom is 0.0293 e. The lowest BCUT2D eigenvalue weighted by Gasteiger charge is -2.43. The fourth-order valence-electron chi connectivity index (χ4n) is 4.85. The van der Waals surface area contributed by atoms with Gasteiger partial charge in [0.2, 0.25) is 0 Å². The Morgan fingerprint density at radius 2 is 1.54 bits per heavy atom. The molecule has 1 heterocycles. The Kier molecular flexibility index (Phi) is 6.16. The van der Waals surface area contributed by atoms with Gasteiger partial charge in [0.1, 0.15) is 0 Å². The monoisotopic (exact) mass is 350 g/mol. The topological polar surface area (TPSA) is 29.3 Å². The first-order valence-corrected chi connectivity index (χ1v) is 10.1. The van der Waals surface area contributed by atoms with Crippen LogP contribution in [0.3, 0.4) is 0 Å². The molecule has 26 heavy (non-hydrogen) atoms. The van der Waals surface area contributed by atoms with Crippen molar-refractivity contribution in [2.75, 3.05) is 19.6 Å². The lowest BCUT2D eigenvalue weighted by molar-refractivity contribution is 0.0963. The van der Waals surface area contributed by atoms with Gasteiger partial charge in [0.05, 0.1) is 0 Å². The second-order valence-electron chi connectivity index (χ2n) is 8.06. The van der Waals surface area contributed by atoms with Gasteiger partial charge in [-0.15, -0.1) is 0 Å². The van der Waals surface area contributed by atoms with Crippen LogP contribution in [0.1, 0.15) is 42.0 Å². The van der Waals surface area contributed by atoms with E-state index in [9.17, 15) is 0 Å². The van der Waals surface area contributed by atoms with Crippen LogP contribution >= 0.6 is 0 Å². The molecule has 1 fully saturated rings. The molecular formula is C24H34N2. The minimum atomic E-state index is 0.184. The molecule has 0 saturated carbocycles. The fraction of sp³-hybridized carbons (Fsp3) is 0.500. The molecule has 0 radical (unpaired) electrons. The Morgan fingerprint density at radius 1 is 0.962 bits per heavy atom. The summed E-state index contributed by atoms with van der Waals surface area (Å²) < 4.78 is 0. The highest BCUT2D eigenvalue weighted by molar-refractivity contribution is 5.26. The lowest BCUT2D eigenvalue weighted by atomic mass is 9.74. The van der Waals surface area contributed by atoms with Gasteiger partial charge in [-0.2, -0.15) is 0 Å². The van der Waals surface area contributed by atoms with Crippen LogP contribution in [0.4, 0.5) is 0 Å². The number of hydrogen-bond donors (Lipinski definition) is 1. The summed E-state index contributed by atoms with van der Waals surface area (Å²) >= 11 is 0. The molecule has 2 N–H and O–H groups in total. The molecule has 0 amide bonds.